The molecule has 0 unspecified atom stereocenters. The molecule has 0 radical (unpaired) electrons. The minimum atomic E-state index is -0.130. The Labute approximate surface area is 172 Å². The number of anilines is 3. The molecule has 0 aliphatic heterocycles. The predicted molar refractivity (Wildman–Crippen MR) is 119 cm³/mol. The molecule has 0 amide bonds. The number of aryl methyl sites for hydroxylation is 3. The molecule has 2 heterocycles. The van der Waals surface area contributed by atoms with Crippen LogP contribution in [0.15, 0.2) is 42.7 Å². The zero-order valence-corrected chi connectivity index (χ0v) is 17.7. The second-order valence-corrected chi connectivity index (χ2v) is 7.78. The van der Waals surface area contributed by atoms with Gasteiger partial charge in [0.1, 0.15) is 5.82 Å². The van der Waals surface area contributed by atoms with Crippen molar-refractivity contribution in [2.75, 3.05) is 17.2 Å². The van der Waals surface area contributed by atoms with E-state index in [0.29, 0.717) is 11.8 Å². The van der Waals surface area contributed by atoms with Crippen molar-refractivity contribution in [3.63, 3.8) is 0 Å². The largest absolute Gasteiger partial charge is 0.394 e. The summed E-state index contributed by atoms with van der Waals surface area (Å²) in [6.45, 7) is 10.4. The molecule has 1 atom stereocenters. The van der Waals surface area contributed by atoms with Crippen molar-refractivity contribution in [1.29, 1.82) is 0 Å². The van der Waals surface area contributed by atoms with Gasteiger partial charge in [-0.05, 0) is 49.9 Å². The van der Waals surface area contributed by atoms with E-state index in [1.807, 2.05) is 18.2 Å². The van der Waals surface area contributed by atoms with Crippen LogP contribution >= 0.6 is 0 Å². The van der Waals surface area contributed by atoms with E-state index >= 15 is 0 Å². The Kier molecular flexibility index (Phi) is 6.44. The SMILES string of the molecule is Cc1cc(C)c(Nc2cc(-c3cccnc3)nc(N[C@@H](CO)C(C)C)n2)c(C)c1. The zero-order chi connectivity index (χ0) is 21.0. The minimum absolute atomic E-state index is 0.0110. The van der Waals surface area contributed by atoms with Gasteiger partial charge in [0.15, 0.2) is 0 Å². The molecule has 2 aromatic heterocycles. The monoisotopic (exact) mass is 391 g/mol. The third kappa shape index (κ3) is 5.09. The highest BCUT2D eigenvalue weighted by Crippen LogP contribution is 2.28. The van der Waals surface area contributed by atoms with E-state index in [-0.39, 0.29) is 18.6 Å². The van der Waals surface area contributed by atoms with Gasteiger partial charge in [-0.15, -0.1) is 0 Å². The van der Waals surface area contributed by atoms with Crippen molar-refractivity contribution >= 4 is 17.5 Å². The van der Waals surface area contributed by atoms with Crippen molar-refractivity contribution in [3.05, 3.63) is 59.4 Å². The molecule has 3 aromatic rings. The van der Waals surface area contributed by atoms with Crippen molar-refractivity contribution in [2.24, 2.45) is 5.92 Å². The molecular weight excluding hydrogens is 362 g/mol. The minimum Gasteiger partial charge on any atom is -0.394 e. The molecule has 0 aliphatic rings. The van der Waals surface area contributed by atoms with E-state index in [9.17, 15) is 5.11 Å². The van der Waals surface area contributed by atoms with E-state index < -0.39 is 0 Å². The number of aliphatic hydroxyl groups excluding tert-OH is 1. The fourth-order valence-electron chi connectivity index (χ4n) is 3.33. The van der Waals surface area contributed by atoms with Crippen LogP contribution in [-0.4, -0.2) is 32.7 Å². The molecule has 0 spiro atoms. The van der Waals surface area contributed by atoms with E-state index in [2.05, 4.69) is 72.3 Å². The summed E-state index contributed by atoms with van der Waals surface area (Å²) in [6.07, 6.45) is 3.52. The molecule has 152 valence electrons. The fourth-order valence-corrected chi connectivity index (χ4v) is 3.33. The number of nitrogens with zero attached hydrogens (tertiary/aromatic N) is 3. The van der Waals surface area contributed by atoms with Gasteiger partial charge in [0.2, 0.25) is 5.95 Å². The molecule has 6 nitrogen and oxygen atoms in total. The number of nitrogens with one attached hydrogen (secondary N) is 2. The van der Waals surface area contributed by atoms with Crippen molar-refractivity contribution in [3.8, 4) is 11.3 Å². The van der Waals surface area contributed by atoms with Gasteiger partial charge in [-0.3, -0.25) is 4.98 Å². The number of hydrogen-bond donors (Lipinski definition) is 3. The molecule has 29 heavy (non-hydrogen) atoms. The molecule has 1 aromatic carbocycles. The Balaban J connectivity index is 2.03. The third-order valence-corrected chi connectivity index (χ3v) is 4.93. The van der Waals surface area contributed by atoms with E-state index in [4.69, 9.17) is 0 Å². The van der Waals surface area contributed by atoms with Gasteiger partial charge in [0.05, 0.1) is 18.3 Å². The number of aromatic nitrogens is 3. The highest BCUT2D eigenvalue weighted by molar-refractivity contribution is 5.70. The summed E-state index contributed by atoms with van der Waals surface area (Å²) in [5.41, 5.74) is 6.27. The lowest BCUT2D eigenvalue weighted by atomic mass is 10.1. The van der Waals surface area contributed by atoms with Crippen LogP contribution < -0.4 is 10.6 Å². The molecule has 0 bridgehead atoms. The zero-order valence-electron chi connectivity index (χ0n) is 17.7. The van der Waals surface area contributed by atoms with Gasteiger partial charge in [-0.25, -0.2) is 4.98 Å². The van der Waals surface area contributed by atoms with Gasteiger partial charge >= 0.3 is 0 Å². The normalized spacial score (nSPS) is 12.1. The van der Waals surface area contributed by atoms with E-state index in [1.165, 1.54) is 5.56 Å². The summed E-state index contributed by atoms with van der Waals surface area (Å²) < 4.78 is 0. The van der Waals surface area contributed by atoms with Gasteiger partial charge in [0, 0.05) is 29.7 Å². The first-order valence-electron chi connectivity index (χ1n) is 9.89. The average molecular weight is 392 g/mol. The molecule has 0 fully saturated rings. The maximum Gasteiger partial charge on any atom is 0.225 e. The van der Waals surface area contributed by atoms with E-state index in [1.54, 1.807) is 12.4 Å². The van der Waals surface area contributed by atoms with Gasteiger partial charge in [-0.1, -0.05) is 31.5 Å². The first-order valence-corrected chi connectivity index (χ1v) is 9.89. The van der Waals surface area contributed by atoms with Crippen LogP contribution in [0, 0.1) is 26.7 Å². The molecule has 6 heteroatoms. The molecule has 3 N–H and O–H groups in total. The maximum atomic E-state index is 9.70. The summed E-state index contributed by atoms with van der Waals surface area (Å²) in [7, 11) is 0. The summed E-state index contributed by atoms with van der Waals surface area (Å²) in [4.78, 5) is 13.5. The Hall–Kier alpha value is -2.99. The number of benzene rings is 1. The fraction of sp³-hybridized carbons (Fsp3) is 0.348. The van der Waals surface area contributed by atoms with Crippen LogP contribution in [0.25, 0.3) is 11.3 Å². The summed E-state index contributed by atoms with van der Waals surface area (Å²) in [5, 5.41) is 16.4. The summed E-state index contributed by atoms with van der Waals surface area (Å²) >= 11 is 0. The second kappa shape index (κ2) is 9.01. The van der Waals surface area contributed by atoms with Crippen LogP contribution in [-0.2, 0) is 0 Å². The quantitative estimate of drug-likeness (QED) is 0.544. The lowest BCUT2D eigenvalue weighted by molar-refractivity contribution is 0.248. The van der Waals surface area contributed by atoms with E-state index in [0.717, 1.165) is 28.1 Å². The maximum absolute atomic E-state index is 9.70. The number of hydrogen-bond acceptors (Lipinski definition) is 6. The molecule has 3 rings (SSSR count). The van der Waals surface area contributed by atoms with Crippen LogP contribution in [0.2, 0.25) is 0 Å². The highest BCUT2D eigenvalue weighted by Gasteiger charge is 2.16. The first-order chi connectivity index (χ1) is 13.9. The van der Waals surface area contributed by atoms with Gasteiger partial charge < -0.3 is 15.7 Å². The lowest BCUT2D eigenvalue weighted by Gasteiger charge is -2.21. The number of aliphatic hydroxyl groups is 1. The number of pyridine rings is 1. The van der Waals surface area contributed by atoms with Gasteiger partial charge in [0.25, 0.3) is 0 Å². The lowest BCUT2D eigenvalue weighted by Crippen LogP contribution is -2.30. The molecule has 0 saturated carbocycles. The molecular formula is C23H29N5O. The Bertz CT molecular complexity index is 949. The molecule has 0 saturated heterocycles. The Morgan fingerprint density at radius 3 is 2.34 bits per heavy atom. The molecule has 0 aliphatic carbocycles. The average Bonchev–Trinajstić information content (AvgIpc) is 2.69. The predicted octanol–water partition coefficient (Wildman–Crippen LogP) is 4.64. The van der Waals surface area contributed by atoms with Crippen molar-refractivity contribution < 1.29 is 5.11 Å². The smallest absolute Gasteiger partial charge is 0.225 e. The van der Waals surface area contributed by atoms with Crippen molar-refractivity contribution in [2.45, 2.75) is 40.7 Å². The Morgan fingerprint density at radius 2 is 1.76 bits per heavy atom. The topological polar surface area (TPSA) is 83.0 Å². The van der Waals surface area contributed by atoms with Crippen LogP contribution in [0.5, 0.6) is 0 Å². The standard InChI is InChI=1S/C23H29N5O/c1-14(2)20(13-29)26-23-25-19(18-7-6-8-24-12-18)11-21(28-23)27-22-16(4)9-15(3)10-17(22)5/h6-12,14,20,29H,13H2,1-5H3,(H2,25,26,27,28)/t20-/m0/s1. The van der Waals surface area contributed by atoms with Crippen LogP contribution in [0.4, 0.5) is 17.5 Å². The van der Waals surface area contributed by atoms with Crippen molar-refractivity contribution in [1.82, 2.24) is 15.0 Å². The number of rotatable bonds is 7. The summed E-state index contributed by atoms with van der Waals surface area (Å²) in [5.74, 6) is 1.41. The second-order valence-electron chi connectivity index (χ2n) is 7.78. The van der Waals surface area contributed by atoms with Crippen LogP contribution in [0.3, 0.4) is 0 Å². The summed E-state index contributed by atoms with van der Waals surface area (Å²) in [6, 6.07) is 9.95. The third-order valence-electron chi connectivity index (χ3n) is 4.93. The first kappa shape index (κ1) is 20.7. The highest BCUT2D eigenvalue weighted by atomic mass is 16.3. The van der Waals surface area contributed by atoms with Gasteiger partial charge in [-0.2, -0.15) is 4.98 Å². The van der Waals surface area contributed by atoms with Crippen LogP contribution in [0.1, 0.15) is 30.5 Å². The Morgan fingerprint density at radius 1 is 1.03 bits per heavy atom.